The van der Waals surface area contributed by atoms with Crippen molar-refractivity contribution in [2.75, 3.05) is 26.2 Å². The van der Waals surface area contributed by atoms with Gasteiger partial charge in [0.25, 0.3) is 6.43 Å². The molecule has 0 bridgehead atoms. The van der Waals surface area contributed by atoms with Crippen LogP contribution in [0.5, 0.6) is 0 Å². The maximum absolute atomic E-state index is 13.1. The van der Waals surface area contributed by atoms with E-state index in [0.29, 0.717) is 17.9 Å². The van der Waals surface area contributed by atoms with Gasteiger partial charge in [0.05, 0.1) is 11.4 Å². The molecule has 1 amide bonds. The molecule has 1 saturated heterocycles. The number of carbonyl (C=O) groups excluding carboxylic acids is 1. The molecule has 9 nitrogen and oxygen atoms in total. The van der Waals surface area contributed by atoms with Gasteiger partial charge in [0.15, 0.2) is 0 Å². The first-order chi connectivity index (χ1) is 13.6. The van der Waals surface area contributed by atoms with Gasteiger partial charge in [0.2, 0.25) is 15.9 Å². The molecule has 0 atom stereocenters. The zero-order valence-corrected chi connectivity index (χ0v) is 17.4. The quantitative estimate of drug-likeness (QED) is 0.686. The number of carbonyl (C=O) groups is 1. The Morgan fingerprint density at radius 2 is 1.83 bits per heavy atom. The van der Waals surface area contributed by atoms with Gasteiger partial charge in [-0.05, 0) is 26.8 Å². The third kappa shape index (κ3) is 4.32. The van der Waals surface area contributed by atoms with Crippen LogP contribution in [0.3, 0.4) is 0 Å². The van der Waals surface area contributed by atoms with E-state index in [4.69, 9.17) is 0 Å². The minimum absolute atomic E-state index is 0.130. The second-order valence-corrected chi connectivity index (χ2v) is 8.79. The van der Waals surface area contributed by atoms with Crippen LogP contribution in [-0.4, -0.2) is 69.3 Å². The summed E-state index contributed by atoms with van der Waals surface area (Å²) in [7, 11) is -3.71. The molecule has 0 N–H and O–H groups in total. The molecular weight excluding hydrogens is 406 g/mol. The number of sulfonamides is 1. The first-order valence-electron chi connectivity index (χ1n) is 9.28. The molecule has 160 valence electrons. The molecule has 2 aromatic rings. The van der Waals surface area contributed by atoms with E-state index in [9.17, 15) is 22.0 Å². The number of nitrogens with zero attached hydrogens (tertiary/aromatic N) is 6. The minimum atomic E-state index is -3.71. The smallest absolute Gasteiger partial charge is 0.280 e. The number of halogens is 2. The zero-order chi connectivity index (χ0) is 21.3. The van der Waals surface area contributed by atoms with Crippen LogP contribution >= 0.6 is 0 Å². The van der Waals surface area contributed by atoms with Crippen molar-refractivity contribution in [1.29, 1.82) is 0 Å². The highest BCUT2D eigenvalue weighted by atomic mass is 32.2. The molecule has 0 aliphatic carbocycles. The molecule has 0 saturated carbocycles. The second kappa shape index (κ2) is 8.19. The Balaban J connectivity index is 1.65. The maximum Gasteiger partial charge on any atom is 0.280 e. The number of hydrogen-bond acceptors (Lipinski definition) is 5. The summed E-state index contributed by atoms with van der Waals surface area (Å²) in [6.07, 6.45) is -1.22. The van der Waals surface area contributed by atoms with Crippen molar-refractivity contribution < 1.29 is 22.0 Å². The molecule has 0 spiro atoms. The fourth-order valence-electron chi connectivity index (χ4n) is 3.33. The third-order valence-corrected chi connectivity index (χ3v) is 6.88. The number of rotatable bonds is 6. The molecular formula is C17H24F2N6O3S. The average Bonchev–Trinajstić information content (AvgIpc) is 3.24. The van der Waals surface area contributed by atoms with E-state index >= 15 is 0 Å². The number of aromatic nitrogens is 4. The van der Waals surface area contributed by atoms with Crippen molar-refractivity contribution in [3.63, 3.8) is 0 Å². The molecule has 3 rings (SSSR count). The highest BCUT2D eigenvalue weighted by Gasteiger charge is 2.32. The normalized spacial score (nSPS) is 16.0. The van der Waals surface area contributed by atoms with Gasteiger partial charge in [0, 0.05) is 38.9 Å². The van der Waals surface area contributed by atoms with Crippen LogP contribution in [0.25, 0.3) is 0 Å². The molecule has 3 heterocycles. The summed E-state index contributed by atoms with van der Waals surface area (Å²) in [4.78, 5) is 14.1. The van der Waals surface area contributed by atoms with Crippen LogP contribution in [0.4, 0.5) is 8.78 Å². The van der Waals surface area contributed by atoms with Crippen LogP contribution in [-0.2, 0) is 27.9 Å². The second-order valence-electron chi connectivity index (χ2n) is 6.89. The highest BCUT2D eigenvalue weighted by Crippen LogP contribution is 2.22. The first-order valence-corrected chi connectivity index (χ1v) is 10.7. The summed E-state index contributed by atoms with van der Waals surface area (Å²) in [6.45, 7) is 5.98. The SMILES string of the molecule is CCn1cc(S(=O)(=O)N2CCN(C(=O)Cn3nc(C)cc3C(F)F)CC2)c(C)n1. The highest BCUT2D eigenvalue weighted by molar-refractivity contribution is 7.89. The fourth-order valence-corrected chi connectivity index (χ4v) is 4.92. The predicted octanol–water partition coefficient (Wildman–Crippen LogP) is 1.19. The molecule has 1 fully saturated rings. The Morgan fingerprint density at radius 3 is 2.38 bits per heavy atom. The maximum atomic E-state index is 13.1. The van der Waals surface area contributed by atoms with Gasteiger partial charge in [0.1, 0.15) is 17.1 Å². The van der Waals surface area contributed by atoms with Crippen molar-refractivity contribution in [1.82, 2.24) is 28.8 Å². The monoisotopic (exact) mass is 430 g/mol. The van der Waals surface area contributed by atoms with E-state index in [0.717, 1.165) is 4.68 Å². The zero-order valence-electron chi connectivity index (χ0n) is 16.5. The van der Waals surface area contributed by atoms with E-state index in [1.165, 1.54) is 21.5 Å². The average molecular weight is 430 g/mol. The number of piperazine rings is 1. The number of hydrogen-bond donors (Lipinski definition) is 0. The summed E-state index contributed by atoms with van der Waals surface area (Å²) in [6, 6.07) is 1.25. The molecule has 0 radical (unpaired) electrons. The lowest BCUT2D eigenvalue weighted by molar-refractivity contribution is -0.133. The van der Waals surface area contributed by atoms with E-state index in [-0.39, 0.29) is 49.2 Å². The standard InChI is InChI=1S/C17H24F2N6O3S/c1-4-23-10-15(13(3)21-23)29(27,28)24-7-5-22(6-8-24)16(26)11-25-14(17(18)19)9-12(2)20-25/h9-10,17H,4-8,11H2,1-3H3. The fraction of sp³-hybridized carbons (Fsp3) is 0.588. The molecule has 0 unspecified atom stereocenters. The summed E-state index contributed by atoms with van der Waals surface area (Å²) in [5.74, 6) is -0.373. The van der Waals surface area contributed by atoms with Gasteiger partial charge in [-0.3, -0.25) is 14.2 Å². The van der Waals surface area contributed by atoms with Gasteiger partial charge in [-0.1, -0.05) is 0 Å². The Labute approximate surface area is 167 Å². The van der Waals surface area contributed by atoms with Crippen molar-refractivity contribution in [2.24, 2.45) is 0 Å². The Morgan fingerprint density at radius 1 is 1.17 bits per heavy atom. The van der Waals surface area contributed by atoms with Gasteiger partial charge in [-0.2, -0.15) is 14.5 Å². The van der Waals surface area contributed by atoms with E-state index < -0.39 is 16.4 Å². The summed E-state index contributed by atoms with van der Waals surface area (Å²) in [5.41, 5.74) is 0.534. The lowest BCUT2D eigenvalue weighted by Gasteiger charge is -2.34. The predicted molar refractivity (Wildman–Crippen MR) is 99.9 cm³/mol. The summed E-state index contributed by atoms with van der Waals surface area (Å²) >= 11 is 0. The van der Waals surface area contributed by atoms with Gasteiger partial charge in [-0.25, -0.2) is 17.2 Å². The lowest BCUT2D eigenvalue weighted by atomic mass is 10.3. The van der Waals surface area contributed by atoms with E-state index in [1.807, 2.05) is 6.92 Å². The Hall–Kier alpha value is -2.34. The third-order valence-electron chi connectivity index (χ3n) is 4.88. The van der Waals surface area contributed by atoms with Crippen LogP contribution in [0.2, 0.25) is 0 Å². The van der Waals surface area contributed by atoms with Gasteiger partial charge in [-0.15, -0.1) is 0 Å². The molecule has 29 heavy (non-hydrogen) atoms. The molecule has 12 heteroatoms. The molecule has 1 aliphatic heterocycles. The number of aryl methyl sites for hydroxylation is 3. The molecule has 0 aromatic carbocycles. The van der Waals surface area contributed by atoms with Crippen LogP contribution in [0.1, 0.15) is 30.4 Å². The van der Waals surface area contributed by atoms with Crippen LogP contribution in [0.15, 0.2) is 17.2 Å². The van der Waals surface area contributed by atoms with Crippen molar-refractivity contribution in [3.05, 3.63) is 29.3 Å². The van der Waals surface area contributed by atoms with Crippen molar-refractivity contribution in [2.45, 2.75) is 45.2 Å². The molecule has 2 aromatic heterocycles. The summed E-state index contributed by atoms with van der Waals surface area (Å²) < 4.78 is 55.8. The summed E-state index contributed by atoms with van der Waals surface area (Å²) in [5, 5.41) is 8.13. The van der Waals surface area contributed by atoms with E-state index in [2.05, 4.69) is 10.2 Å². The number of amides is 1. The first kappa shape index (κ1) is 21.4. The topological polar surface area (TPSA) is 93.3 Å². The Kier molecular flexibility index (Phi) is 6.03. The lowest BCUT2D eigenvalue weighted by Crippen LogP contribution is -2.51. The van der Waals surface area contributed by atoms with Crippen molar-refractivity contribution in [3.8, 4) is 0 Å². The van der Waals surface area contributed by atoms with Crippen LogP contribution < -0.4 is 0 Å². The van der Waals surface area contributed by atoms with E-state index in [1.54, 1.807) is 18.5 Å². The van der Waals surface area contributed by atoms with Crippen molar-refractivity contribution >= 4 is 15.9 Å². The van der Waals surface area contributed by atoms with Gasteiger partial charge >= 0.3 is 0 Å². The molecule has 1 aliphatic rings. The van der Waals surface area contributed by atoms with Gasteiger partial charge < -0.3 is 4.90 Å². The minimum Gasteiger partial charge on any atom is -0.338 e. The number of alkyl halides is 2. The Bertz CT molecular complexity index is 993. The largest absolute Gasteiger partial charge is 0.338 e. The van der Waals surface area contributed by atoms with Crippen LogP contribution in [0, 0.1) is 13.8 Å².